The molecule has 2 nitrogen and oxygen atoms in total. The summed E-state index contributed by atoms with van der Waals surface area (Å²) in [5.41, 5.74) is 0. The van der Waals surface area contributed by atoms with E-state index >= 15 is 0 Å². The lowest BCUT2D eigenvalue weighted by Crippen LogP contribution is -2.04. The smallest absolute Gasteiger partial charge is 0.449 e. The van der Waals surface area contributed by atoms with Crippen LogP contribution in [0.5, 0.6) is 0 Å². The molecule has 1 aromatic rings. The molecular formula is C8H9F3O2. The topological polar surface area (TPSA) is 33.4 Å². The molecule has 0 saturated heterocycles. The molecule has 0 radical (unpaired) electrons. The van der Waals surface area contributed by atoms with Crippen LogP contribution in [0.15, 0.2) is 16.5 Å². The molecule has 0 aliphatic heterocycles. The van der Waals surface area contributed by atoms with E-state index in [4.69, 9.17) is 5.11 Å². The zero-order valence-corrected chi connectivity index (χ0v) is 6.93. The Morgan fingerprint density at radius 3 is 2.46 bits per heavy atom. The summed E-state index contributed by atoms with van der Waals surface area (Å²) in [7, 11) is 0. The summed E-state index contributed by atoms with van der Waals surface area (Å²) in [4.78, 5) is 0. The van der Waals surface area contributed by atoms with Gasteiger partial charge >= 0.3 is 6.18 Å². The molecule has 1 atom stereocenters. The van der Waals surface area contributed by atoms with Gasteiger partial charge in [0.05, 0.1) is 6.10 Å². The van der Waals surface area contributed by atoms with Crippen LogP contribution >= 0.6 is 0 Å². The van der Waals surface area contributed by atoms with Crippen LogP contribution < -0.4 is 0 Å². The average Bonchev–Trinajstić information content (AvgIpc) is 2.32. The van der Waals surface area contributed by atoms with Crippen molar-refractivity contribution in [1.82, 2.24) is 0 Å². The maximum absolute atomic E-state index is 12.0. The van der Waals surface area contributed by atoms with E-state index in [1.54, 1.807) is 0 Å². The quantitative estimate of drug-likeness (QED) is 0.783. The maximum atomic E-state index is 12.0. The highest BCUT2D eigenvalue weighted by molar-refractivity contribution is 5.10. The van der Waals surface area contributed by atoms with Gasteiger partial charge in [0.15, 0.2) is 0 Å². The molecule has 0 unspecified atom stereocenters. The Hall–Kier alpha value is -0.970. The van der Waals surface area contributed by atoms with Gasteiger partial charge in [0.1, 0.15) is 5.76 Å². The van der Waals surface area contributed by atoms with Crippen molar-refractivity contribution in [1.29, 1.82) is 0 Å². The third kappa shape index (κ3) is 2.77. The lowest BCUT2D eigenvalue weighted by Gasteiger charge is -2.02. The van der Waals surface area contributed by atoms with Crippen LogP contribution in [0.4, 0.5) is 13.2 Å². The van der Waals surface area contributed by atoms with Crippen LogP contribution in [0.1, 0.15) is 18.4 Å². The van der Waals surface area contributed by atoms with Crippen molar-refractivity contribution in [3.8, 4) is 0 Å². The number of halogens is 3. The summed E-state index contributed by atoms with van der Waals surface area (Å²) in [5, 5.41) is 8.88. The molecule has 1 aromatic heterocycles. The van der Waals surface area contributed by atoms with Gasteiger partial charge in [-0.25, -0.2) is 0 Å². The first-order valence-corrected chi connectivity index (χ1v) is 3.73. The summed E-state index contributed by atoms with van der Waals surface area (Å²) < 4.78 is 40.4. The zero-order valence-electron chi connectivity index (χ0n) is 6.93. The maximum Gasteiger partial charge on any atom is 0.449 e. The molecule has 0 aliphatic rings. The minimum Gasteiger partial charge on any atom is -0.456 e. The monoisotopic (exact) mass is 194 g/mol. The Labute approximate surface area is 73.0 Å². The molecule has 0 amide bonds. The van der Waals surface area contributed by atoms with Crippen molar-refractivity contribution >= 4 is 0 Å². The molecule has 0 spiro atoms. The highest BCUT2D eigenvalue weighted by atomic mass is 19.4. The summed E-state index contributed by atoms with van der Waals surface area (Å²) in [6.07, 6.45) is -5.06. The highest BCUT2D eigenvalue weighted by Gasteiger charge is 2.34. The Balaban J connectivity index is 2.75. The van der Waals surface area contributed by atoms with Gasteiger partial charge in [-0.2, -0.15) is 13.2 Å². The Morgan fingerprint density at radius 1 is 1.46 bits per heavy atom. The van der Waals surface area contributed by atoms with Crippen LogP contribution in [0.3, 0.4) is 0 Å². The standard InChI is InChI=1S/C8H9F3O2/c1-5(12)4-6-2-3-7(13-6)8(9,10)11/h2-3,5,12H,4H2,1H3/t5-/m1/s1. The fourth-order valence-electron chi connectivity index (χ4n) is 0.931. The second-order valence-electron chi connectivity index (χ2n) is 2.82. The fraction of sp³-hybridized carbons (Fsp3) is 0.500. The number of hydrogen-bond donors (Lipinski definition) is 1. The summed E-state index contributed by atoms with van der Waals surface area (Å²) in [6, 6.07) is 2.08. The first-order chi connectivity index (χ1) is 5.89. The van der Waals surface area contributed by atoms with Gasteiger partial charge < -0.3 is 9.52 Å². The van der Waals surface area contributed by atoms with Gasteiger partial charge in [0.2, 0.25) is 5.76 Å². The first-order valence-electron chi connectivity index (χ1n) is 3.73. The third-order valence-corrected chi connectivity index (χ3v) is 1.44. The molecule has 0 bridgehead atoms. The van der Waals surface area contributed by atoms with Crippen LogP contribution in [0.2, 0.25) is 0 Å². The van der Waals surface area contributed by atoms with Gasteiger partial charge in [0, 0.05) is 6.42 Å². The predicted octanol–water partition coefficient (Wildman–Crippen LogP) is 2.22. The average molecular weight is 194 g/mol. The van der Waals surface area contributed by atoms with E-state index in [9.17, 15) is 13.2 Å². The van der Waals surface area contributed by atoms with Crippen molar-refractivity contribution in [2.45, 2.75) is 25.6 Å². The second-order valence-corrected chi connectivity index (χ2v) is 2.82. The summed E-state index contributed by atoms with van der Waals surface area (Å²) in [6.45, 7) is 1.48. The number of furan rings is 1. The second kappa shape index (κ2) is 3.41. The minimum absolute atomic E-state index is 0.0933. The molecule has 0 aromatic carbocycles. The largest absolute Gasteiger partial charge is 0.456 e. The van der Waals surface area contributed by atoms with Crippen molar-refractivity contribution in [2.75, 3.05) is 0 Å². The first kappa shape index (κ1) is 10.1. The highest BCUT2D eigenvalue weighted by Crippen LogP contribution is 2.30. The van der Waals surface area contributed by atoms with E-state index in [0.717, 1.165) is 6.07 Å². The Kier molecular flexibility index (Phi) is 2.66. The van der Waals surface area contributed by atoms with E-state index in [-0.39, 0.29) is 12.2 Å². The molecular weight excluding hydrogens is 185 g/mol. The zero-order chi connectivity index (χ0) is 10.1. The van der Waals surface area contributed by atoms with E-state index in [1.165, 1.54) is 13.0 Å². The van der Waals surface area contributed by atoms with Gasteiger partial charge in [-0.15, -0.1) is 0 Å². The van der Waals surface area contributed by atoms with E-state index in [2.05, 4.69) is 4.42 Å². The lowest BCUT2D eigenvalue weighted by molar-refractivity contribution is -0.153. The van der Waals surface area contributed by atoms with Crippen molar-refractivity contribution in [3.63, 3.8) is 0 Å². The molecule has 74 valence electrons. The molecule has 0 fully saturated rings. The van der Waals surface area contributed by atoms with Crippen molar-refractivity contribution < 1.29 is 22.7 Å². The van der Waals surface area contributed by atoms with E-state index in [1.807, 2.05) is 0 Å². The number of aliphatic hydroxyl groups is 1. The van der Waals surface area contributed by atoms with Crippen LogP contribution in [0.25, 0.3) is 0 Å². The molecule has 1 heterocycles. The van der Waals surface area contributed by atoms with Crippen molar-refractivity contribution in [3.05, 3.63) is 23.7 Å². The SMILES string of the molecule is C[C@@H](O)Cc1ccc(C(F)(F)F)o1. The van der Waals surface area contributed by atoms with Crippen molar-refractivity contribution in [2.24, 2.45) is 0 Å². The normalized spacial score (nSPS) is 14.5. The number of hydrogen-bond acceptors (Lipinski definition) is 2. The summed E-state index contributed by atoms with van der Waals surface area (Å²) >= 11 is 0. The molecule has 1 rings (SSSR count). The van der Waals surface area contributed by atoms with E-state index < -0.39 is 18.0 Å². The van der Waals surface area contributed by atoms with Gasteiger partial charge in [-0.1, -0.05) is 0 Å². The van der Waals surface area contributed by atoms with Crippen LogP contribution in [-0.2, 0) is 12.6 Å². The predicted molar refractivity (Wildman–Crippen MR) is 39.1 cm³/mol. The molecule has 0 aliphatic carbocycles. The van der Waals surface area contributed by atoms with Gasteiger partial charge in [-0.3, -0.25) is 0 Å². The fourth-order valence-corrected chi connectivity index (χ4v) is 0.931. The molecule has 0 saturated carbocycles. The lowest BCUT2D eigenvalue weighted by atomic mass is 10.2. The summed E-state index contributed by atoms with van der Waals surface area (Å²) in [5.74, 6) is -0.884. The number of aliphatic hydroxyl groups excluding tert-OH is 1. The van der Waals surface area contributed by atoms with Gasteiger partial charge in [-0.05, 0) is 19.1 Å². The number of rotatable bonds is 2. The molecule has 13 heavy (non-hydrogen) atoms. The molecule has 1 N–H and O–H groups in total. The number of alkyl halides is 3. The Morgan fingerprint density at radius 2 is 2.08 bits per heavy atom. The Bertz CT molecular complexity index is 275. The minimum atomic E-state index is -4.45. The van der Waals surface area contributed by atoms with Crippen LogP contribution in [-0.4, -0.2) is 11.2 Å². The third-order valence-electron chi connectivity index (χ3n) is 1.44. The van der Waals surface area contributed by atoms with Gasteiger partial charge in [0.25, 0.3) is 0 Å². The van der Waals surface area contributed by atoms with E-state index in [0.29, 0.717) is 0 Å². The van der Waals surface area contributed by atoms with Crippen LogP contribution in [0, 0.1) is 0 Å². The molecule has 5 heteroatoms.